The van der Waals surface area contributed by atoms with Crippen molar-refractivity contribution in [2.75, 3.05) is 52.2 Å². The van der Waals surface area contributed by atoms with Crippen molar-refractivity contribution < 1.29 is 14.6 Å². The number of ether oxygens (including phenoxy) is 1. The zero-order valence-electron chi connectivity index (χ0n) is 24.5. The summed E-state index contributed by atoms with van der Waals surface area (Å²) in [5.41, 5.74) is 5.65. The molecule has 0 unspecified atom stereocenters. The van der Waals surface area contributed by atoms with Gasteiger partial charge in [0.1, 0.15) is 17.3 Å². The third-order valence-corrected chi connectivity index (χ3v) is 7.91. The van der Waals surface area contributed by atoms with E-state index >= 15 is 0 Å². The summed E-state index contributed by atoms with van der Waals surface area (Å²) >= 11 is 0. The molecule has 1 aliphatic rings. The number of aromatic nitrogens is 2. The van der Waals surface area contributed by atoms with E-state index in [9.17, 15) is 9.90 Å². The van der Waals surface area contributed by atoms with E-state index in [1.165, 1.54) is 5.56 Å². The van der Waals surface area contributed by atoms with Crippen LogP contribution < -0.4 is 10.1 Å². The molecule has 3 N–H and O–H groups in total. The summed E-state index contributed by atoms with van der Waals surface area (Å²) in [6.45, 7) is 9.92. The van der Waals surface area contributed by atoms with Gasteiger partial charge in [-0.25, -0.2) is 4.98 Å². The number of nitrogens with zero attached hydrogens (tertiary/aromatic N) is 3. The Balaban J connectivity index is 1.26. The number of amides is 1. The van der Waals surface area contributed by atoms with E-state index in [0.29, 0.717) is 28.6 Å². The van der Waals surface area contributed by atoms with Crippen molar-refractivity contribution in [3.8, 4) is 22.9 Å². The second-order valence-electron chi connectivity index (χ2n) is 11.5. The number of rotatable bonds is 10. The number of phenols is 1. The van der Waals surface area contributed by atoms with Gasteiger partial charge in [0.2, 0.25) is 0 Å². The second kappa shape index (κ2) is 12.7. The zero-order valence-corrected chi connectivity index (χ0v) is 24.5. The van der Waals surface area contributed by atoms with Crippen LogP contribution >= 0.6 is 0 Å². The number of nitrogens with one attached hydrogen (secondary N) is 2. The second-order valence-corrected chi connectivity index (χ2v) is 11.5. The number of aryl methyl sites for hydroxylation is 1. The highest BCUT2D eigenvalue weighted by Gasteiger charge is 2.17. The van der Waals surface area contributed by atoms with Gasteiger partial charge in [0.25, 0.3) is 5.91 Å². The van der Waals surface area contributed by atoms with Crippen LogP contribution in [0.15, 0.2) is 54.6 Å². The molecule has 8 heteroatoms. The minimum absolute atomic E-state index is 0.0964. The summed E-state index contributed by atoms with van der Waals surface area (Å²) in [6, 6.07) is 17.1. The number of likely N-dealkylation sites (N-methyl/N-ethyl adjacent to an activating group) is 1. The third-order valence-electron chi connectivity index (χ3n) is 7.91. The number of hydrogen-bond donors (Lipinski definition) is 3. The molecule has 1 saturated heterocycles. The Labute approximate surface area is 242 Å². The average Bonchev–Trinajstić information content (AvgIpc) is 3.40. The number of fused-ring (bicyclic) bond motifs is 1. The molecule has 0 atom stereocenters. The monoisotopic (exact) mass is 555 g/mol. The van der Waals surface area contributed by atoms with Crippen LogP contribution in [0.2, 0.25) is 0 Å². The Bertz CT molecular complexity index is 1490. The fourth-order valence-electron chi connectivity index (χ4n) is 5.23. The highest BCUT2D eigenvalue weighted by atomic mass is 16.5. The van der Waals surface area contributed by atoms with Gasteiger partial charge in [-0.15, -0.1) is 0 Å². The number of methoxy groups -OCH3 is 1. The number of imidazole rings is 1. The summed E-state index contributed by atoms with van der Waals surface area (Å²) in [5.74, 6) is 1.69. The van der Waals surface area contributed by atoms with Gasteiger partial charge in [-0.05, 0) is 79.8 Å². The van der Waals surface area contributed by atoms with Gasteiger partial charge in [-0.2, -0.15) is 0 Å². The molecule has 2 heterocycles. The largest absolute Gasteiger partial charge is 0.507 e. The number of carbonyl (C=O) groups is 1. The van der Waals surface area contributed by atoms with Crippen molar-refractivity contribution in [1.29, 1.82) is 0 Å². The van der Waals surface area contributed by atoms with Crippen LogP contribution in [0.4, 0.5) is 5.69 Å². The zero-order chi connectivity index (χ0) is 28.9. The first-order valence-corrected chi connectivity index (χ1v) is 14.5. The van der Waals surface area contributed by atoms with Crippen LogP contribution in [-0.4, -0.2) is 77.7 Å². The van der Waals surface area contributed by atoms with Gasteiger partial charge in [-0.3, -0.25) is 4.79 Å². The number of hydrogen-bond acceptors (Lipinski definition) is 6. The normalized spacial score (nSPS) is 14.6. The molecule has 0 radical (unpaired) electrons. The first-order chi connectivity index (χ1) is 19.8. The predicted molar refractivity (Wildman–Crippen MR) is 165 cm³/mol. The van der Waals surface area contributed by atoms with Gasteiger partial charge in [0, 0.05) is 50.0 Å². The summed E-state index contributed by atoms with van der Waals surface area (Å²) in [6.07, 6.45) is 2.86. The Hall–Kier alpha value is -3.88. The topological polar surface area (TPSA) is 93.7 Å². The Morgan fingerprint density at radius 3 is 2.51 bits per heavy atom. The van der Waals surface area contributed by atoms with E-state index in [-0.39, 0.29) is 11.7 Å². The maximum atomic E-state index is 13.1. The molecule has 1 aliphatic heterocycles. The number of carbonyl (C=O) groups excluding carboxylic acids is 1. The van der Waals surface area contributed by atoms with Gasteiger partial charge < -0.3 is 29.9 Å². The van der Waals surface area contributed by atoms with Crippen molar-refractivity contribution in [3.05, 3.63) is 71.3 Å². The van der Waals surface area contributed by atoms with Crippen LogP contribution in [0.25, 0.3) is 22.4 Å². The molecule has 216 valence electrons. The first-order valence-electron chi connectivity index (χ1n) is 14.5. The fourth-order valence-corrected chi connectivity index (χ4v) is 5.23. The van der Waals surface area contributed by atoms with Crippen LogP contribution in [0.1, 0.15) is 41.8 Å². The predicted octanol–water partition coefficient (Wildman–Crippen LogP) is 5.57. The Morgan fingerprint density at radius 2 is 1.80 bits per heavy atom. The number of aromatic amines is 1. The van der Waals surface area contributed by atoms with E-state index in [4.69, 9.17) is 9.72 Å². The summed E-state index contributed by atoms with van der Waals surface area (Å²) in [7, 11) is 3.79. The number of benzene rings is 3. The highest BCUT2D eigenvalue weighted by Crippen LogP contribution is 2.36. The van der Waals surface area contributed by atoms with E-state index in [0.717, 1.165) is 74.3 Å². The molecule has 5 rings (SSSR count). The molecule has 1 amide bonds. The molecule has 0 spiro atoms. The summed E-state index contributed by atoms with van der Waals surface area (Å²) in [4.78, 5) is 25.9. The number of phenolic OH excluding ortho intramolecular Hbond substituents is 1. The molecule has 0 bridgehead atoms. The molecule has 0 saturated carbocycles. The van der Waals surface area contributed by atoms with E-state index in [1.807, 2.05) is 24.3 Å². The van der Waals surface area contributed by atoms with Crippen molar-refractivity contribution >= 4 is 22.6 Å². The smallest absolute Gasteiger partial charge is 0.255 e. The van der Waals surface area contributed by atoms with E-state index < -0.39 is 0 Å². The van der Waals surface area contributed by atoms with Crippen molar-refractivity contribution in [1.82, 2.24) is 19.8 Å². The molecule has 4 aromatic rings. The first kappa shape index (κ1) is 28.6. The number of anilines is 1. The molecule has 1 aromatic heterocycles. The van der Waals surface area contributed by atoms with Gasteiger partial charge in [0.15, 0.2) is 0 Å². The fraction of sp³-hybridized carbons (Fsp3) is 0.394. The van der Waals surface area contributed by atoms with E-state index in [2.05, 4.69) is 53.1 Å². The maximum absolute atomic E-state index is 13.1. The molecule has 1 fully saturated rings. The molecule has 41 heavy (non-hydrogen) atoms. The minimum Gasteiger partial charge on any atom is -0.507 e. The average molecular weight is 556 g/mol. The van der Waals surface area contributed by atoms with Crippen LogP contribution in [-0.2, 0) is 12.8 Å². The molecular formula is C33H41N5O3. The SMILES string of the molecule is COc1cc(O)c(-c2nc3ccc(C(=O)Nc4ccc(CCN5CCN(C)CC5)cc4)cc3[nH]2)cc1CCC(C)C. The lowest BCUT2D eigenvalue weighted by Gasteiger charge is -2.32. The quantitative estimate of drug-likeness (QED) is 0.237. The van der Waals surface area contributed by atoms with Crippen LogP contribution in [0, 0.1) is 5.92 Å². The van der Waals surface area contributed by atoms with Crippen molar-refractivity contribution in [3.63, 3.8) is 0 Å². The Kier molecular flexibility index (Phi) is 8.90. The van der Waals surface area contributed by atoms with Crippen molar-refractivity contribution in [2.45, 2.75) is 33.1 Å². The summed E-state index contributed by atoms with van der Waals surface area (Å²) < 4.78 is 5.51. The number of H-pyrrole nitrogens is 1. The lowest BCUT2D eigenvalue weighted by Crippen LogP contribution is -2.45. The van der Waals surface area contributed by atoms with E-state index in [1.54, 1.807) is 25.3 Å². The maximum Gasteiger partial charge on any atom is 0.255 e. The summed E-state index contributed by atoms with van der Waals surface area (Å²) in [5, 5.41) is 13.7. The molecule has 0 aliphatic carbocycles. The Morgan fingerprint density at radius 1 is 1.05 bits per heavy atom. The lowest BCUT2D eigenvalue weighted by atomic mass is 9.99. The number of piperazine rings is 1. The number of aromatic hydroxyl groups is 1. The third kappa shape index (κ3) is 7.07. The van der Waals surface area contributed by atoms with Crippen molar-refractivity contribution in [2.24, 2.45) is 5.92 Å². The van der Waals surface area contributed by atoms with Gasteiger partial charge in [0.05, 0.1) is 23.7 Å². The highest BCUT2D eigenvalue weighted by molar-refractivity contribution is 6.06. The molecule has 8 nitrogen and oxygen atoms in total. The van der Waals surface area contributed by atoms with Gasteiger partial charge >= 0.3 is 0 Å². The van der Waals surface area contributed by atoms with Gasteiger partial charge in [-0.1, -0.05) is 26.0 Å². The minimum atomic E-state index is -0.184. The molecule has 3 aromatic carbocycles. The standard InChI is InChI=1S/C33H41N5O3/c1-22(2)5-8-24-19-27(30(39)21-31(24)41-4)32-35-28-12-9-25(20-29(28)36-32)33(40)34-26-10-6-23(7-11-26)13-14-38-17-15-37(3)16-18-38/h6-7,9-12,19-22,39H,5,8,13-18H2,1-4H3,(H,34,40)(H,35,36). The lowest BCUT2D eigenvalue weighted by molar-refractivity contribution is 0.102. The molecular weight excluding hydrogens is 514 g/mol. The van der Waals surface area contributed by atoms with Crippen LogP contribution in [0.5, 0.6) is 11.5 Å². The van der Waals surface area contributed by atoms with Crippen LogP contribution in [0.3, 0.4) is 0 Å².